The molecule has 0 radical (unpaired) electrons. The molecule has 5 rings (SSSR count). The van der Waals surface area contributed by atoms with Crippen LogP contribution in [0.5, 0.6) is 11.5 Å². The number of morpholine rings is 1. The minimum atomic E-state index is -0.751. The lowest BCUT2D eigenvalue weighted by atomic mass is 9.95. The predicted molar refractivity (Wildman–Crippen MR) is 160 cm³/mol. The second-order valence-electron chi connectivity index (χ2n) is 10.5. The largest absolute Gasteiger partial charge is 0.453 e. The first-order valence-electron chi connectivity index (χ1n) is 14.5. The SMILES string of the molecule is CCn1cc(C(=O)Nc2ccc(Oc3ccnc(N)c3C#CCN3CCOCC3)c(F)c2)c(=O)n(C2CCCCC2)c1=O. The number of nitrogen functional groups attached to an aromatic ring is 1. The highest BCUT2D eigenvalue weighted by Crippen LogP contribution is 2.31. The monoisotopic (exact) mass is 590 g/mol. The van der Waals surface area contributed by atoms with E-state index in [1.54, 1.807) is 13.0 Å². The Labute approximate surface area is 248 Å². The topological polar surface area (TPSA) is 134 Å². The number of carbonyl (C=O) groups is 1. The number of ether oxygens (including phenoxy) is 2. The lowest BCUT2D eigenvalue weighted by Crippen LogP contribution is -2.45. The summed E-state index contributed by atoms with van der Waals surface area (Å²) in [4.78, 5) is 45.7. The quantitative estimate of drug-likeness (QED) is 0.400. The molecule has 2 fully saturated rings. The number of anilines is 2. The highest BCUT2D eigenvalue weighted by molar-refractivity contribution is 6.03. The number of hydrogen-bond acceptors (Lipinski definition) is 8. The molecule has 0 unspecified atom stereocenters. The Kier molecular flexibility index (Phi) is 9.54. The van der Waals surface area contributed by atoms with Crippen LogP contribution in [0, 0.1) is 17.7 Å². The van der Waals surface area contributed by atoms with Crippen LogP contribution in [0.3, 0.4) is 0 Å². The summed E-state index contributed by atoms with van der Waals surface area (Å²) < 4.78 is 28.9. The molecule has 2 aromatic heterocycles. The van der Waals surface area contributed by atoms with Crippen LogP contribution in [-0.2, 0) is 11.3 Å². The number of aryl methyl sites for hydroxylation is 1. The lowest BCUT2D eigenvalue weighted by Gasteiger charge is -2.24. The fourth-order valence-corrected chi connectivity index (χ4v) is 5.31. The van der Waals surface area contributed by atoms with Crippen LogP contribution in [0.25, 0.3) is 0 Å². The highest BCUT2D eigenvalue weighted by Gasteiger charge is 2.24. The molecule has 1 aliphatic heterocycles. The van der Waals surface area contributed by atoms with Crippen LogP contribution < -0.4 is 27.0 Å². The van der Waals surface area contributed by atoms with Gasteiger partial charge in [-0.2, -0.15) is 0 Å². The molecule has 226 valence electrons. The van der Waals surface area contributed by atoms with Crippen molar-refractivity contribution in [2.75, 3.05) is 43.9 Å². The van der Waals surface area contributed by atoms with E-state index in [-0.39, 0.29) is 34.6 Å². The molecular weight excluding hydrogens is 555 g/mol. The zero-order valence-corrected chi connectivity index (χ0v) is 24.1. The van der Waals surface area contributed by atoms with Crippen molar-refractivity contribution in [3.63, 3.8) is 0 Å². The van der Waals surface area contributed by atoms with E-state index in [9.17, 15) is 14.4 Å². The van der Waals surface area contributed by atoms with Crippen LogP contribution in [0.2, 0.25) is 0 Å². The van der Waals surface area contributed by atoms with E-state index in [1.165, 1.54) is 33.7 Å². The molecule has 3 heterocycles. The number of amides is 1. The molecule has 0 spiro atoms. The van der Waals surface area contributed by atoms with E-state index in [0.29, 0.717) is 44.7 Å². The average molecular weight is 591 g/mol. The summed E-state index contributed by atoms with van der Waals surface area (Å²) in [6, 6.07) is 5.21. The number of aromatic nitrogens is 3. The van der Waals surface area contributed by atoms with Gasteiger partial charge in [0.2, 0.25) is 0 Å². The number of halogens is 1. The maximum absolute atomic E-state index is 15.2. The van der Waals surface area contributed by atoms with Crippen LogP contribution >= 0.6 is 0 Å². The fourth-order valence-electron chi connectivity index (χ4n) is 5.31. The molecule has 0 atom stereocenters. The number of nitrogens with two attached hydrogens (primary N) is 1. The Hall–Kier alpha value is -4.47. The molecule has 1 amide bonds. The minimum Gasteiger partial charge on any atom is -0.453 e. The summed E-state index contributed by atoms with van der Waals surface area (Å²) in [6.45, 7) is 5.47. The number of nitrogens with one attached hydrogen (secondary N) is 1. The third-order valence-electron chi connectivity index (χ3n) is 7.68. The van der Waals surface area contributed by atoms with E-state index >= 15 is 4.39 Å². The van der Waals surface area contributed by atoms with Gasteiger partial charge in [0.25, 0.3) is 11.5 Å². The summed E-state index contributed by atoms with van der Waals surface area (Å²) in [5.74, 6) is 4.86. The Morgan fingerprint density at radius 2 is 1.93 bits per heavy atom. The first-order valence-corrected chi connectivity index (χ1v) is 14.5. The average Bonchev–Trinajstić information content (AvgIpc) is 3.01. The van der Waals surface area contributed by atoms with E-state index in [1.807, 2.05) is 0 Å². The number of pyridine rings is 1. The number of benzene rings is 1. The van der Waals surface area contributed by atoms with Crippen molar-refractivity contribution in [1.82, 2.24) is 19.0 Å². The molecular formula is C31H35FN6O5. The molecule has 2 aliphatic rings. The molecule has 3 aromatic rings. The third-order valence-corrected chi connectivity index (χ3v) is 7.68. The molecule has 11 nitrogen and oxygen atoms in total. The molecule has 43 heavy (non-hydrogen) atoms. The van der Waals surface area contributed by atoms with Crippen LogP contribution in [0.1, 0.15) is 61.0 Å². The molecule has 1 saturated carbocycles. The summed E-state index contributed by atoms with van der Waals surface area (Å²) in [7, 11) is 0. The standard InChI is InChI=1S/C31H35FN6O5/c1-2-37-20-24(30(40)38(31(37)41)22-7-4-3-5-8-22)29(39)35-21-10-11-27(25(32)19-21)43-26-12-13-34-28(33)23(26)9-6-14-36-15-17-42-18-16-36/h10-13,19-20,22H,2-5,7-8,14-18H2,1H3,(H2,33,34)(H,35,39). The summed E-state index contributed by atoms with van der Waals surface area (Å²) in [5, 5.41) is 2.58. The maximum atomic E-state index is 15.2. The summed E-state index contributed by atoms with van der Waals surface area (Å²) in [5.41, 5.74) is 5.26. The van der Waals surface area contributed by atoms with Gasteiger partial charge in [-0.05, 0) is 31.9 Å². The van der Waals surface area contributed by atoms with Gasteiger partial charge in [0, 0.05) is 55.9 Å². The fraction of sp³-hybridized carbons (Fsp3) is 0.419. The molecule has 12 heteroatoms. The zero-order chi connectivity index (χ0) is 30.3. The van der Waals surface area contributed by atoms with Crippen molar-refractivity contribution in [2.45, 2.75) is 51.6 Å². The molecule has 1 aliphatic carbocycles. The Bertz CT molecular complexity index is 1660. The van der Waals surface area contributed by atoms with Gasteiger partial charge in [-0.3, -0.25) is 23.6 Å². The summed E-state index contributed by atoms with van der Waals surface area (Å²) in [6.07, 6.45) is 7.02. The van der Waals surface area contributed by atoms with Crippen molar-refractivity contribution < 1.29 is 18.7 Å². The third kappa shape index (κ3) is 6.96. The van der Waals surface area contributed by atoms with Gasteiger partial charge in [0.15, 0.2) is 11.6 Å². The van der Waals surface area contributed by atoms with Crippen molar-refractivity contribution in [3.05, 3.63) is 74.4 Å². The van der Waals surface area contributed by atoms with Gasteiger partial charge in [0.05, 0.1) is 19.8 Å². The van der Waals surface area contributed by atoms with Crippen molar-refractivity contribution in [2.24, 2.45) is 0 Å². The first kappa shape index (κ1) is 30.0. The highest BCUT2D eigenvalue weighted by atomic mass is 19.1. The number of hydrogen-bond donors (Lipinski definition) is 2. The molecule has 0 bridgehead atoms. The van der Waals surface area contributed by atoms with Gasteiger partial charge in [-0.25, -0.2) is 14.2 Å². The van der Waals surface area contributed by atoms with E-state index < -0.39 is 23.0 Å². The maximum Gasteiger partial charge on any atom is 0.331 e. The Morgan fingerprint density at radius 1 is 1.16 bits per heavy atom. The van der Waals surface area contributed by atoms with E-state index in [2.05, 4.69) is 27.0 Å². The molecule has 3 N–H and O–H groups in total. The minimum absolute atomic E-state index is 0.112. The van der Waals surface area contributed by atoms with Gasteiger partial charge >= 0.3 is 5.69 Å². The van der Waals surface area contributed by atoms with Gasteiger partial charge in [-0.15, -0.1) is 0 Å². The smallest absolute Gasteiger partial charge is 0.331 e. The zero-order valence-electron chi connectivity index (χ0n) is 24.1. The van der Waals surface area contributed by atoms with Gasteiger partial charge in [0.1, 0.15) is 22.7 Å². The number of rotatable bonds is 7. The van der Waals surface area contributed by atoms with Crippen LogP contribution in [0.4, 0.5) is 15.9 Å². The first-order chi connectivity index (χ1) is 20.9. The van der Waals surface area contributed by atoms with E-state index in [0.717, 1.165) is 38.4 Å². The Balaban J connectivity index is 1.34. The second kappa shape index (κ2) is 13.7. The second-order valence-corrected chi connectivity index (χ2v) is 10.5. The van der Waals surface area contributed by atoms with Gasteiger partial charge < -0.3 is 20.5 Å². The van der Waals surface area contributed by atoms with Crippen LogP contribution in [0.15, 0.2) is 46.2 Å². The predicted octanol–water partition coefficient (Wildman–Crippen LogP) is 3.38. The van der Waals surface area contributed by atoms with E-state index in [4.69, 9.17) is 15.2 Å². The van der Waals surface area contributed by atoms with Crippen molar-refractivity contribution in [3.8, 4) is 23.3 Å². The molecule has 1 aromatic carbocycles. The number of carbonyl (C=O) groups excluding carboxylic acids is 1. The number of nitrogens with zero attached hydrogens (tertiary/aromatic N) is 4. The van der Waals surface area contributed by atoms with Crippen LogP contribution in [-0.4, -0.2) is 57.8 Å². The van der Waals surface area contributed by atoms with Crippen molar-refractivity contribution in [1.29, 1.82) is 0 Å². The van der Waals surface area contributed by atoms with Gasteiger partial charge in [-0.1, -0.05) is 31.1 Å². The lowest BCUT2D eigenvalue weighted by molar-refractivity contribution is 0.0443. The molecule has 1 saturated heterocycles. The van der Waals surface area contributed by atoms with Crippen molar-refractivity contribution >= 4 is 17.4 Å². The normalized spacial score (nSPS) is 15.9. The Morgan fingerprint density at radius 3 is 2.65 bits per heavy atom. The summed E-state index contributed by atoms with van der Waals surface area (Å²) >= 11 is 0.